The van der Waals surface area contributed by atoms with Gasteiger partial charge in [0.2, 0.25) is 0 Å². The van der Waals surface area contributed by atoms with E-state index in [0.29, 0.717) is 23.7 Å². The number of hydrogen-bond donors (Lipinski definition) is 2. The smallest absolute Gasteiger partial charge is 0.261 e. The first kappa shape index (κ1) is 22.9. The maximum Gasteiger partial charge on any atom is 0.261 e. The molecule has 2 amide bonds. The molecule has 0 atom stereocenters. The van der Waals surface area contributed by atoms with Crippen LogP contribution >= 0.6 is 0 Å². The second kappa shape index (κ2) is 11.0. The van der Waals surface area contributed by atoms with Gasteiger partial charge in [-0.2, -0.15) is 0 Å². The maximum absolute atomic E-state index is 12.4. The van der Waals surface area contributed by atoms with Crippen molar-refractivity contribution in [1.29, 1.82) is 0 Å². The van der Waals surface area contributed by atoms with Crippen LogP contribution in [-0.4, -0.2) is 71.8 Å². The number of rotatable bonds is 8. The van der Waals surface area contributed by atoms with Gasteiger partial charge in [-0.05, 0) is 49.9 Å². The summed E-state index contributed by atoms with van der Waals surface area (Å²) in [4.78, 5) is 37.4. The summed E-state index contributed by atoms with van der Waals surface area (Å²) in [6, 6.07) is 13.5. The summed E-state index contributed by atoms with van der Waals surface area (Å²) in [5.41, 5.74) is 2.13. The molecular formula is C25H32N6O2. The third-order valence-electron chi connectivity index (χ3n) is 6.24. The highest BCUT2D eigenvalue weighted by Crippen LogP contribution is 2.22. The third-order valence-corrected chi connectivity index (χ3v) is 6.24. The largest absolute Gasteiger partial charge is 0.356 e. The number of nitrogens with one attached hydrogen (secondary N) is 2. The van der Waals surface area contributed by atoms with Gasteiger partial charge in [0.05, 0.1) is 16.8 Å². The lowest BCUT2D eigenvalue weighted by atomic mass is 10.0. The Labute approximate surface area is 195 Å². The first-order valence-electron chi connectivity index (χ1n) is 11.7. The van der Waals surface area contributed by atoms with Crippen molar-refractivity contribution in [2.75, 3.05) is 33.2 Å². The summed E-state index contributed by atoms with van der Waals surface area (Å²) in [6.07, 6.45) is 5.57. The summed E-state index contributed by atoms with van der Waals surface area (Å²) in [6.45, 7) is 4.14. The zero-order valence-electron chi connectivity index (χ0n) is 19.2. The molecular weight excluding hydrogens is 416 g/mol. The molecule has 174 valence electrons. The Bertz CT molecular complexity index is 950. The molecule has 0 unspecified atom stereocenters. The fourth-order valence-corrected chi connectivity index (χ4v) is 4.39. The van der Waals surface area contributed by atoms with Crippen molar-refractivity contribution >= 4 is 17.8 Å². The average molecular weight is 449 g/mol. The lowest BCUT2D eigenvalue weighted by Crippen LogP contribution is -2.48. The number of pyridine rings is 1. The molecule has 2 N–H and O–H groups in total. The van der Waals surface area contributed by atoms with Gasteiger partial charge in [-0.25, -0.2) is 0 Å². The molecule has 0 radical (unpaired) electrons. The summed E-state index contributed by atoms with van der Waals surface area (Å²) < 4.78 is 0. The zero-order chi connectivity index (χ0) is 23.0. The molecule has 1 fully saturated rings. The number of piperidine rings is 1. The van der Waals surface area contributed by atoms with Crippen LogP contribution in [0.4, 0.5) is 0 Å². The molecule has 3 heterocycles. The van der Waals surface area contributed by atoms with E-state index in [-0.39, 0.29) is 11.8 Å². The van der Waals surface area contributed by atoms with E-state index in [4.69, 9.17) is 0 Å². The Morgan fingerprint density at radius 2 is 1.73 bits per heavy atom. The molecule has 2 aromatic rings. The van der Waals surface area contributed by atoms with E-state index in [2.05, 4.69) is 31.6 Å². The number of benzene rings is 1. The second-order valence-corrected chi connectivity index (χ2v) is 8.53. The Morgan fingerprint density at radius 3 is 2.36 bits per heavy atom. The number of hydrogen-bond acceptors (Lipinski definition) is 5. The zero-order valence-corrected chi connectivity index (χ0v) is 19.2. The maximum atomic E-state index is 12.4. The molecule has 1 aromatic heterocycles. The molecule has 0 aliphatic carbocycles. The van der Waals surface area contributed by atoms with Crippen molar-refractivity contribution in [2.24, 2.45) is 4.99 Å². The van der Waals surface area contributed by atoms with E-state index < -0.39 is 0 Å². The summed E-state index contributed by atoms with van der Waals surface area (Å²) in [7, 11) is 1.78. The van der Waals surface area contributed by atoms with E-state index in [1.807, 2.05) is 18.3 Å². The van der Waals surface area contributed by atoms with Gasteiger partial charge in [-0.3, -0.25) is 29.4 Å². The van der Waals surface area contributed by atoms with Crippen LogP contribution in [0.2, 0.25) is 0 Å². The lowest BCUT2D eigenvalue weighted by Gasteiger charge is -2.32. The molecule has 4 rings (SSSR count). The van der Waals surface area contributed by atoms with Crippen molar-refractivity contribution in [1.82, 2.24) is 25.4 Å². The first-order valence-corrected chi connectivity index (χ1v) is 11.7. The predicted molar refractivity (Wildman–Crippen MR) is 128 cm³/mol. The number of fused-ring (bicyclic) bond motifs is 1. The van der Waals surface area contributed by atoms with Crippen molar-refractivity contribution in [3.63, 3.8) is 0 Å². The number of carbonyl (C=O) groups excluding carboxylic acids is 2. The number of amides is 2. The lowest BCUT2D eigenvalue weighted by molar-refractivity contribution is 0.0652. The predicted octanol–water partition coefficient (Wildman–Crippen LogP) is 2.29. The quantitative estimate of drug-likeness (QED) is 0.279. The van der Waals surface area contributed by atoms with Crippen LogP contribution in [0.1, 0.15) is 52.1 Å². The number of aliphatic imine (C=N–C) groups is 1. The highest BCUT2D eigenvalue weighted by molar-refractivity contribution is 6.21. The van der Waals surface area contributed by atoms with E-state index in [0.717, 1.165) is 63.5 Å². The monoisotopic (exact) mass is 448 g/mol. The number of guanidine groups is 1. The van der Waals surface area contributed by atoms with Crippen LogP contribution < -0.4 is 10.6 Å². The first-order chi connectivity index (χ1) is 16.2. The van der Waals surface area contributed by atoms with Gasteiger partial charge in [-0.15, -0.1) is 0 Å². The summed E-state index contributed by atoms with van der Waals surface area (Å²) in [5.74, 6) is 0.435. The van der Waals surface area contributed by atoms with Gasteiger partial charge in [0.25, 0.3) is 11.8 Å². The van der Waals surface area contributed by atoms with E-state index in [9.17, 15) is 9.59 Å². The van der Waals surface area contributed by atoms with Crippen molar-refractivity contribution in [3.05, 3.63) is 65.5 Å². The van der Waals surface area contributed by atoms with Gasteiger partial charge >= 0.3 is 0 Å². The number of aromatic nitrogens is 1. The molecule has 0 bridgehead atoms. The Morgan fingerprint density at radius 1 is 1.03 bits per heavy atom. The number of nitrogens with zero attached hydrogens (tertiary/aromatic N) is 4. The van der Waals surface area contributed by atoms with Crippen LogP contribution in [-0.2, 0) is 6.54 Å². The topological polar surface area (TPSA) is 89.9 Å². The molecule has 1 saturated heterocycles. The Kier molecular flexibility index (Phi) is 7.67. The normalized spacial score (nSPS) is 17.4. The average Bonchev–Trinajstić information content (AvgIpc) is 3.09. The molecule has 33 heavy (non-hydrogen) atoms. The molecule has 1 aromatic carbocycles. The van der Waals surface area contributed by atoms with Crippen molar-refractivity contribution in [3.8, 4) is 0 Å². The molecule has 8 heteroatoms. The minimum absolute atomic E-state index is 0.185. The van der Waals surface area contributed by atoms with Crippen LogP contribution in [0.15, 0.2) is 53.7 Å². The second-order valence-electron chi connectivity index (χ2n) is 8.53. The molecule has 0 spiro atoms. The molecule has 2 aliphatic heterocycles. The number of imide groups is 1. The fourth-order valence-electron chi connectivity index (χ4n) is 4.39. The van der Waals surface area contributed by atoms with Crippen molar-refractivity contribution in [2.45, 2.75) is 38.3 Å². The van der Waals surface area contributed by atoms with E-state index in [1.54, 1.807) is 31.3 Å². The Hall–Kier alpha value is -3.26. The van der Waals surface area contributed by atoms with Crippen LogP contribution in [0.3, 0.4) is 0 Å². The van der Waals surface area contributed by atoms with E-state index >= 15 is 0 Å². The minimum atomic E-state index is -0.185. The van der Waals surface area contributed by atoms with Crippen LogP contribution in [0.25, 0.3) is 0 Å². The Balaban J connectivity index is 1.13. The highest BCUT2D eigenvalue weighted by Gasteiger charge is 2.34. The summed E-state index contributed by atoms with van der Waals surface area (Å²) in [5, 5.41) is 6.89. The molecule has 8 nitrogen and oxygen atoms in total. The highest BCUT2D eigenvalue weighted by atomic mass is 16.2. The van der Waals surface area contributed by atoms with E-state index in [1.165, 1.54) is 4.90 Å². The van der Waals surface area contributed by atoms with Crippen molar-refractivity contribution < 1.29 is 9.59 Å². The standard InChI is InChI=1S/C25H32N6O2/c1-26-25(29-19-11-16-30(17-12-19)18-20-8-4-5-13-27-20)28-14-6-7-15-31-23(32)21-9-2-3-10-22(21)24(31)33/h2-5,8-10,13,19H,6-7,11-12,14-18H2,1H3,(H2,26,28,29). The number of likely N-dealkylation sites (tertiary alicyclic amines) is 1. The molecule has 2 aliphatic rings. The van der Waals surface area contributed by atoms with Gasteiger partial charge in [0, 0.05) is 52.0 Å². The van der Waals surface area contributed by atoms with Gasteiger partial charge in [0.1, 0.15) is 0 Å². The molecule has 0 saturated carbocycles. The minimum Gasteiger partial charge on any atom is -0.356 e. The van der Waals surface area contributed by atoms with Crippen LogP contribution in [0, 0.1) is 0 Å². The number of unbranched alkanes of at least 4 members (excludes halogenated alkanes) is 1. The fraction of sp³-hybridized carbons (Fsp3) is 0.440. The van der Waals surface area contributed by atoms with Gasteiger partial charge in [-0.1, -0.05) is 18.2 Å². The SMILES string of the molecule is CN=C(NCCCCN1C(=O)c2ccccc2C1=O)NC1CCN(Cc2ccccn2)CC1. The van der Waals surface area contributed by atoms with Crippen LogP contribution in [0.5, 0.6) is 0 Å². The van der Waals surface area contributed by atoms with Gasteiger partial charge in [0.15, 0.2) is 5.96 Å². The summed E-state index contributed by atoms with van der Waals surface area (Å²) >= 11 is 0. The third kappa shape index (κ3) is 5.76. The number of carbonyl (C=O) groups is 2. The van der Waals surface area contributed by atoms with Gasteiger partial charge < -0.3 is 10.6 Å².